The summed E-state index contributed by atoms with van der Waals surface area (Å²) in [6.45, 7) is 8.03. The van der Waals surface area contributed by atoms with Crippen LogP contribution in [0, 0.1) is 5.92 Å². The van der Waals surface area contributed by atoms with Crippen LogP contribution in [0.25, 0.3) is 0 Å². The Bertz CT molecular complexity index is 396. The minimum Gasteiger partial charge on any atom is -0.339 e. The Balaban J connectivity index is 0.00000264. The lowest BCUT2D eigenvalue weighted by molar-refractivity contribution is -0.138. The third kappa shape index (κ3) is 4.98. The lowest BCUT2D eigenvalue weighted by Gasteiger charge is -2.39. The first-order valence-corrected chi connectivity index (χ1v) is 8.65. The van der Waals surface area contributed by atoms with Crippen molar-refractivity contribution in [3.8, 4) is 0 Å². The summed E-state index contributed by atoms with van der Waals surface area (Å²) in [7, 11) is 0. The highest BCUT2D eigenvalue weighted by molar-refractivity contribution is 5.85. The largest absolute Gasteiger partial charge is 0.339 e. The summed E-state index contributed by atoms with van der Waals surface area (Å²) in [5.74, 6) is 0.332. The van der Waals surface area contributed by atoms with E-state index in [0.29, 0.717) is 26.2 Å². The van der Waals surface area contributed by atoms with Crippen molar-refractivity contribution in [3.63, 3.8) is 0 Å². The van der Waals surface area contributed by atoms with E-state index in [1.807, 2.05) is 28.5 Å². The average molecular weight is 347 g/mol. The SMILES string of the molecule is CCN(CC)C(=O)N1CCN(C(=O)C2CCCC(N)C2)CC1.Cl. The molecule has 7 heteroatoms. The topological polar surface area (TPSA) is 69.9 Å². The minimum absolute atomic E-state index is 0. The maximum atomic E-state index is 12.6. The molecule has 2 unspecified atom stereocenters. The first-order chi connectivity index (χ1) is 10.6. The average Bonchev–Trinajstić information content (AvgIpc) is 2.55. The molecule has 2 fully saturated rings. The zero-order chi connectivity index (χ0) is 16.1. The van der Waals surface area contributed by atoms with Gasteiger partial charge in [0.15, 0.2) is 0 Å². The van der Waals surface area contributed by atoms with Gasteiger partial charge in [0.25, 0.3) is 0 Å². The van der Waals surface area contributed by atoms with Gasteiger partial charge < -0.3 is 20.4 Å². The lowest BCUT2D eigenvalue weighted by Crippen LogP contribution is -2.55. The van der Waals surface area contributed by atoms with Crippen LogP contribution >= 0.6 is 12.4 Å². The van der Waals surface area contributed by atoms with Gasteiger partial charge in [-0.3, -0.25) is 4.79 Å². The van der Waals surface area contributed by atoms with Crippen LogP contribution in [0.5, 0.6) is 0 Å². The van der Waals surface area contributed by atoms with E-state index in [-0.39, 0.29) is 36.3 Å². The normalized spacial score (nSPS) is 24.8. The van der Waals surface area contributed by atoms with Gasteiger partial charge in [0.1, 0.15) is 0 Å². The number of amides is 3. The number of hydrogen-bond acceptors (Lipinski definition) is 3. The fraction of sp³-hybridized carbons (Fsp3) is 0.875. The Morgan fingerprint density at radius 2 is 1.61 bits per heavy atom. The second-order valence-electron chi connectivity index (χ2n) is 6.39. The van der Waals surface area contributed by atoms with E-state index in [1.54, 1.807) is 0 Å². The molecule has 134 valence electrons. The van der Waals surface area contributed by atoms with Gasteiger partial charge in [0.2, 0.25) is 5.91 Å². The predicted molar refractivity (Wildman–Crippen MR) is 93.7 cm³/mol. The molecular formula is C16H31ClN4O2. The van der Waals surface area contributed by atoms with Gasteiger partial charge in [-0.1, -0.05) is 6.42 Å². The quantitative estimate of drug-likeness (QED) is 0.842. The van der Waals surface area contributed by atoms with E-state index >= 15 is 0 Å². The number of nitrogens with two attached hydrogens (primary N) is 1. The van der Waals surface area contributed by atoms with E-state index in [1.165, 1.54) is 0 Å². The van der Waals surface area contributed by atoms with E-state index in [4.69, 9.17) is 5.73 Å². The van der Waals surface area contributed by atoms with Crippen LogP contribution in [0.1, 0.15) is 39.5 Å². The first-order valence-electron chi connectivity index (χ1n) is 8.65. The molecule has 0 bridgehead atoms. The van der Waals surface area contributed by atoms with Crippen molar-refractivity contribution >= 4 is 24.3 Å². The minimum atomic E-state index is 0. The first kappa shape index (κ1) is 20.0. The standard InChI is InChI=1S/C16H30N4O2.ClH/c1-3-18(4-2)16(22)20-10-8-19(9-11-20)15(21)13-6-5-7-14(17)12-13;/h13-14H,3-12,17H2,1-2H3;1H. The molecule has 2 N–H and O–H groups in total. The number of carbonyl (C=O) groups excluding carboxylic acids is 2. The molecule has 0 spiro atoms. The second-order valence-corrected chi connectivity index (χ2v) is 6.39. The zero-order valence-electron chi connectivity index (χ0n) is 14.4. The number of nitrogens with zero attached hydrogens (tertiary/aromatic N) is 3. The molecule has 3 amide bonds. The molecule has 0 aromatic heterocycles. The van der Waals surface area contributed by atoms with Crippen LogP contribution < -0.4 is 5.73 Å². The number of carbonyl (C=O) groups is 2. The summed E-state index contributed by atoms with van der Waals surface area (Å²) in [6.07, 6.45) is 3.87. The van der Waals surface area contributed by atoms with Crippen molar-refractivity contribution < 1.29 is 9.59 Å². The smallest absolute Gasteiger partial charge is 0.320 e. The molecule has 6 nitrogen and oxygen atoms in total. The summed E-state index contributed by atoms with van der Waals surface area (Å²) < 4.78 is 0. The number of halogens is 1. The molecule has 1 aliphatic carbocycles. The molecule has 1 saturated carbocycles. The summed E-state index contributed by atoms with van der Waals surface area (Å²) in [5.41, 5.74) is 5.99. The summed E-state index contributed by atoms with van der Waals surface area (Å²) in [4.78, 5) is 30.5. The summed E-state index contributed by atoms with van der Waals surface area (Å²) >= 11 is 0. The predicted octanol–water partition coefficient (Wildman–Crippen LogP) is 1.53. The van der Waals surface area contributed by atoms with Gasteiger partial charge in [0, 0.05) is 51.2 Å². The van der Waals surface area contributed by atoms with Crippen LogP contribution in [0.15, 0.2) is 0 Å². The number of urea groups is 1. The Morgan fingerprint density at radius 1 is 1.04 bits per heavy atom. The van der Waals surface area contributed by atoms with Crippen molar-refractivity contribution in [1.29, 1.82) is 0 Å². The van der Waals surface area contributed by atoms with E-state index in [2.05, 4.69) is 0 Å². The van der Waals surface area contributed by atoms with Crippen molar-refractivity contribution in [2.24, 2.45) is 11.7 Å². The molecule has 1 saturated heterocycles. The Hall–Kier alpha value is -1.01. The Morgan fingerprint density at radius 3 is 2.13 bits per heavy atom. The highest BCUT2D eigenvalue weighted by atomic mass is 35.5. The van der Waals surface area contributed by atoms with Gasteiger partial charge in [-0.05, 0) is 33.1 Å². The summed E-state index contributed by atoms with van der Waals surface area (Å²) in [5, 5.41) is 0. The molecule has 0 radical (unpaired) electrons. The third-order valence-corrected chi connectivity index (χ3v) is 4.96. The lowest BCUT2D eigenvalue weighted by atomic mass is 9.85. The van der Waals surface area contributed by atoms with Crippen LogP contribution in [0.3, 0.4) is 0 Å². The van der Waals surface area contributed by atoms with Crippen molar-refractivity contribution in [2.75, 3.05) is 39.3 Å². The van der Waals surface area contributed by atoms with Crippen LogP contribution in [-0.4, -0.2) is 71.9 Å². The Kier molecular flexibility index (Phi) is 8.12. The number of rotatable bonds is 3. The zero-order valence-corrected chi connectivity index (χ0v) is 15.2. The molecule has 1 aliphatic heterocycles. The monoisotopic (exact) mass is 346 g/mol. The van der Waals surface area contributed by atoms with Crippen LogP contribution in [0.4, 0.5) is 4.79 Å². The maximum Gasteiger partial charge on any atom is 0.320 e. The van der Waals surface area contributed by atoms with Crippen LogP contribution in [0.2, 0.25) is 0 Å². The molecule has 23 heavy (non-hydrogen) atoms. The number of hydrogen-bond donors (Lipinski definition) is 1. The highest BCUT2D eigenvalue weighted by Gasteiger charge is 2.32. The number of piperazine rings is 1. The molecule has 2 atom stereocenters. The van der Waals surface area contributed by atoms with E-state index in [9.17, 15) is 9.59 Å². The highest BCUT2D eigenvalue weighted by Crippen LogP contribution is 2.25. The van der Waals surface area contributed by atoms with Gasteiger partial charge in [0.05, 0.1) is 0 Å². The fourth-order valence-electron chi connectivity index (χ4n) is 3.52. The van der Waals surface area contributed by atoms with Gasteiger partial charge in [-0.2, -0.15) is 0 Å². The summed E-state index contributed by atoms with van der Waals surface area (Å²) in [6, 6.07) is 0.269. The van der Waals surface area contributed by atoms with Crippen molar-refractivity contribution in [3.05, 3.63) is 0 Å². The van der Waals surface area contributed by atoms with E-state index in [0.717, 1.165) is 38.8 Å². The van der Waals surface area contributed by atoms with Crippen molar-refractivity contribution in [2.45, 2.75) is 45.6 Å². The molecular weight excluding hydrogens is 316 g/mol. The van der Waals surface area contributed by atoms with Crippen molar-refractivity contribution in [1.82, 2.24) is 14.7 Å². The molecule has 0 aromatic rings. The third-order valence-electron chi connectivity index (χ3n) is 4.96. The van der Waals surface area contributed by atoms with E-state index < -0.39 is 0 Å². The molecule has 0 aromatic carbocycles. The fourth-order valence-corrected chi connectivity index (χ4v) is 3.52. The maximum absolute atomic E-state index is 12.6. The van der Waals surface area contributed by atoms with Gasteiger partial charge in [-0.15, -0.1) is 12.4 Å². The Labute approximate surface area is 145 Å². The van der Waals surface area contributed by atoms with Gasteiger partial charge in [-0.25, -0.2) is 4.79 Å². The second kappa shape index (κ2) is 9.33. The molecule has 2 aliphatic rings. The van der Waals surface area contributed by atoms with Gasteiger partial charge >= 0.3 is 6.03 Å². The molecule has 1 heterocycles. The van der Waals surface area contributed by atoms with Crippen LogP contribution in [-0.2, 0) is 4.79 Å². The molecule has 2 rings (SSSR count).